The van der Waals surface area contributed by atoms with E-state index < -0.39 is 15.6 Å². The maximum atomic E-state index is 13.2. The lowest BCUT2D eigenvalue weighted by Crippen LogP contribution is -2.28. The molecule has 43 heavy (non-hydrogen) atoms. The highest BCUT2D eigenvalue weighted by molar-refractivity contribution is 7.91. The summed E-state index contributed by atoms with van der Waals surface area (Å²) in [4.78, 5) is 22.9. The van der Waals surface area contributed by atoms with Crippen LogP contribution in [0.5, 0.6) is 0 Å². The molecule has 3 N–H and O–H groups in total. The van der Waals surface area contributed by atoms with Crippen LogP contribution in [0, 0.1) is 6.92 Å². The van der Waals surface area contributed by atoms with Crippen molar-refractivity contribution in [2.75, 3.05) is 4.72 Å². The lowest BCUT2D eigenvalue weighted by Gasteiger charge is -2.12. The standard InChI is InChI=1S/C31H30N6O5S/c1-22-12-17-27(36-43(39,40)21-25-10-6-3-7-11-25)31(38)37(22)19-29-33-28(34-42-29)18-23-13-15-26(16-14-23)30(32)35-41-20-24-8-4-2-5-9-24/h2-17,36H,18-21H2,1H3,(H2,32,35). The minimum absolute atomic E-state index is 0.0131. The van der Waals surface area contributed by atoms with Gasteiger partial charge in [-0.25, -0.2) is 8.42 Å². The highest BCUT2D eigenvalue weighted by Crippen LogP contribution is 2.13. The Labute approximate surface area is 248 Å². The molecule has 5 rings (SSSR count). The number of anilines is 1. The molecule has 0 unspecified atom stereocenters. The van der Waals surface area contributed by atoms with Crippen molar-refractivity contribution in [2.45, 2.75) is 32.2 Å². The summed E-state index contributed by atoms with van der Waals surface area (Å²) in [6.45, 7) is 2.05. The Bertz CT molecular complexity index is 1870. The van der Waals surface area contributed by atoms with Crippen LogP contribution >= 0.6 is 0 Å². The molecule has 0 amide bonds. The average Bonchev–Trinajstić information content (AvgIpc) is 3.44. The topological polar surface area (TPSA) is 155 Å². The lowest BCUT2D eigenvalue weighted by atomic mass is 10.1. The fraction of sp³-hybridized carbons (Fsp3) is 0.161. The van der Waals surface area contributed by atoms with Gasteiger partial charge in [-0.1, -0.05) is 95.2 Å². The summed E-state index contributed by atoms with van der Waals surface area (Å²) in [5.41, 5.74) is 9.32. The van der Waals surface area contributed by atoms with Gasteiger partial charge in [0.2, 0.25) is 15.9 Å². The molecule has 0 bridgehead atoms. The van der Waals surface area contributed by atoms with E-state index in [1.807, 2.05) is 54.6 Å². The molecule has 0 atom stereocenters. The highest BCUT2D eigenvalue weighted by Gasteiger charge is 2.17. The predicted molar refractivity (Wildman–Crippen MR) is 163 cm³/mol. The van der Waals surface area contributed by atoms with Gasteiger partial charge in [0.05, 0.1) is 5.75 Å². The van der Waals surface area contributed by atoms with Crippen molar-refractivity contribution in [1.82, 2.24) is 14.7 Å². The lowest BCUT2D eigenvalue weighted by molar-refractivity contribution is 0.130. The third-order valence-corrected chi connectivity index (χ3v) is 7.75. The third-order valence-electron chi connectivity index (χ3n) is 6.51. The number of nitrogens with one attached hydrogen (secondary N) is 1. The monoisotopic (exact) mass is 598 g/mol. The van der Waals surface area contributed by atoms with Gasteiger partial charge >= 0.3 is 0 Å². The first-order chi connectivity index (χ1) is 20.8. The first-order valence-electron chi connectivity index (χ1n) is 13.4. The van der Waals surface area contributed by atoms with Crippen LogP contribution in [-0.2, 0) is 40.2 Å². The van der Waals surface area contributed by atoms with Gasteiger partial charge in [-0.2, -0.15) is 4.98 Å². The first kappa shape index (κ1) is 29.3. The number of hydrogen-bond acceptors (Lipinski definition) is 8. The Morgan fingerprint density at radius 1 is 0.930 bits per heavy atom. The highest BCUT2D eigenvalue weighted by atomic mass is 32.2. The van der Waals surface area contributed by atoms with E-state index in [4.69, 9.17) is 15.1 Å². The molecule has 0 aliphatic rings. The van der Waals surface area contributed by atoms with Crippen molar-refractivity contribution in [3.05, 3.63) is 147 Å². The van der Waals surface area contributed by atoms with Gasteiger partial charge in [0, 0.05) is 17.7 Å². The van der Waals surface area contributed by atoms with Crippen LogP contribution < -0.4 is 16.0 Å². The van der Waals surface area contributed by atoms with E-state index in [2.05, 4.69) is 20.0 Å². The summed E-state index contributed by atoms with van der Waals surface area (Å²) < 4.78 is 34.6. The van der Waals surface area contributed by atoms with Crippen molar-refractivity contribution >= 4 is 21.5 Å². The Balaban J connectivity index is 1.21. The Morgan fingerprint density at radius 3 is 2.30 bits per heavy atom. The molecule has 0 saturated heterocycles. The Kier molecular flexibility index (Phi) is 8.96. The molecule has 0 aliphatic carbocycles. The number of oxime groups is 1. The number of sulfonamides is 1. The fourth-order valence-electron chi connectivity index (χ4n) is 4.28. The van der Waals surface area contributed by atoms with E-state index >= 15 is 0 Å². The van der Waals surface area contributed by atoms with E-state index in [9.17, 15) is 13.2 Å². The molecule has 0 fully saturated rings. The largest absolute Gasteiger partial charge is 0.389 e. The molecule has 0 saturated carbocycles. The second-order valence-electron chi connectivity index (χ2n) is 9.84. The van der Waals surface area contributed by atoms with Crippen LogP contribution in [0.15, 0.2) is 112 Å². The van der Waals surface area contributed by atoms with Gasteiger partial charge in [0.15, 0.2) is 11.7 Å². The molecular formula is C31H30N6O5S. The van der Waals surface area contributed by atoms with Crippen LogP contribution in [-0.4, -0.2) is 29.0 Å². The summed E-state index contributed by atoms with van der Waals surface area (Å²) in [6.07, 6.45) is 0.387. The zero-order chi connectivity index (χ0) is 30.2. The zero-order valence-electron chi connectivity index (χ0n) is 23.4. The number of amidine groups is 1. The minimum Gasteiger partial charge on any atom is -0.389 e. The number of nitrogens with two attached hydrogens (primary N) is 1. The van der Waals surface area contributed by atoms with E-state index in [0.717, 1.165) is 11.1 Å². The molecule has 5 aromatic rings. The van der Waals surface area contributed by atoms with Gasteiger partial charge in [0.1, 0.15) is 18.8 Å². The van der Waals surface area contributed by atoms with Gasteiger partial charge in [-0.15, -0.1) is 0 Å². The zero-order valence-corrected chi connectivity index (χ0v) is 24.2. The molecule has 0 radical (unpaired) electrons. The van der Waals surface area contributed by atoms with Crippen molar-refractivity contribution in [2.24, 2.45) is 10.9 Å². The van der Waals surface area contributed by atoms with Crippen LogP contribution in [0.25, 0.3) is 0 Å². The summed E-state index contributed by atoms with van der Waals surface area (Å²) in [7, 11) is -3.81. The minimum atomic E-state index is -3.81. The van der Waals surface area contributed by atoms with Gasteiger partial charge in [0.25, 0.3) is 5.56 Å². The summed E-state index contributed by atoms with van der Waals surface area (Å²) in [6, 6.07) is 28.9. The van der Waals surface area contributed by atoms with Crippen molar-refractivity contribution < 1.29 is 17.8 Å². The summed E-state index contributed by atoms with van der Waals surface area (Å²) >= 11 is 0. The normalized spacial score (nSPS) is 11.8. The van der Waals surface area contributed by atoms with Gasteiger partial charge in [-0.3, -0.25) is 9.52 Å². The summed E-state index contributed by atoms with van der Waals surface area (Å²) in [5, 5.41) is 8.04. The number of rotatable bonds is 12. The van der Waals surface area contributed by atoms with Crippen molar-refractivity contribution in [3.63, 3.8) is 0 Å². The molecule has 3 aromatic carbocycles. The Hall–Kier alpha value is -5.23. The number of nitrogens with zero attached hydrogens (tertiary/aromatic N) is 4. The fourth-order valence-corrected chi connectivity index (χ4v) is 5.48. The maximum absolute atomic E-state index is 13.2. The molecule has 12 heteroatoms. The number of hydrogen-bond donors (Lipinski definition) is 2. The second-order valence-corrected chi connectivity index (χ2v) is 11.6. The van der Waals surface area contributed by atoms with E-state index in [1.54, 1.807) is 43.3 Å². The molecule has 2 aromatic heterocycles. The predicted octanol–water partition coefficient (Wildman–Crippen LogP) is 3.96. The van der Waals surface area contributed by atoms with Gasteiger partial charge in [-0.05, 0) is 35.7 Å². The molecule has 11 nitrogen and oxygen atoms in total. The molecule has 2 heterocycles. The molecule has 0 aliphatic heterocycles. The van der Waals surface area contributed by atoms with Crippen molar-refractivity contribution in [3.8, 4) is 0 Å². The van der Waals surface area contributed by atoms with E-state index in [1.165, 1.54) is 10.6 Å². The number of aromatic nitrogens is 3. The smallest absolute Gasteiger partial charge is 0.275 e. The molecule has 220 valence electrons. The van der Waals surface area contributed by atoms with E-state index in [0.29, 0.717) is 35.7 Å². The van der Waals surface area contributed by atoms with Crippen molar-refractivity contribution in [1.29, 1.82) is 0 Å². The SMILES string of the molecule is Cc1ccc(NS(=O)(=O)Cc2ccccc2)c(=O)n1Cc1nc(Cc2ccc(C(N)=NOCc3ccccc3)cc2)no1. The van der Waals surface area contributed by atoms with Crippen LogP contribution in [0.4, 0.5) is 5.69 Å². The van der Waals surface area contributed by atoms with Gasteiger partial charge < -0.3 is 19.7 Å². The van der Waals surface area contributed by atoms with E-state index in [-0.39, 0.29) is 29.7 Å². The quantitative estimate of drug-likeness (QED) is 0.124. The third kappa shape index (κ3) is 7.95. The number of benzene rings is 3. The Morgan fingerprint density at radius 2 is 1.60 bits per heavy atom. The number of aryl methyl sites for hydroxylation is 1. The molecule has 0 spiro atoms. The molecular weight excluding hydrogens is 568 g/mol. The first-order valence-corrected chi connectivity index (χ1v) is 15.1. The number of pyridine rings is 1. The maximum Gasteiger partial charge on any atom is 0.275 e. The summed E-state index contributed by atoms with van der Waals surface area (Å²) in [5.74, 6) is 0.653. The second kappa shape index (κ2) is 13.2. The van der Waals surface area contributed by atoms with Crippen LogP contribution in [0.3, 0.4) is 0 Å². The average molecular weight is 599 g/mol. The van der Waals surface area contributed by atoms with Crippen LogP contribution in [0.1, 0.15) is 39.7 Å². The van der Waals surface area contributed by atoms with Crippen LogP contribution in [0.2, 0.25) is 0 Å².